The van der Waals surface area contributed by atoms with E-state index < -0.39 is 0 Å². The van der Waals surface area contributed by atoms with Crippen LogP contribution in [0.15, 0.2) is 422 Å². The van der Waals surface area contributed by atoms with Crippen LogP contribution in [-0.4, -0.2) is 36.8 Å². The van der Waals surface area contributed by atoms with Crippen LogP contribution in [0.3, 0.4) is 0 Å². The van der Waals surface area contributed by atoms with E-state index in [2.05, 4.69) is 467 Å². The Kier molecular flexibility index (Phi) is 18.4. The quantitative estimate of drug-likeness (QED) is 0.101. The molecule has 4 aliphatic heterocycles. The molecule has 7 atom stereocenters. The van der Waals surface area contributed by atoms with Crippen LogP contribution in [0.2, 0.25) is 17.5 Å². The summed E-state index contributed by atoms with van der Waals surface area (Å²) in [4.78, 5) is 12.0. The molecule has 5 nitrogen and oxygen atoms in total. The minimum absolute atomic E-state index is 0.00679. The number of benzene rings is 13. The first-order valence-corrected chi connectivity index (χ1v) is 43.0. The molecule has 118 heavy (non-hydrogen) atoms. The topological polar surface area (TPSA) is 22.2 Å². The first-order valence-electron chi connectivity index (χ1n) is 42.1. The molecule has 1 fully saturated rings. The van der Waals surface area contributed by atoms with Crippen molar-refractivity contribution in [3.8, 4) is 72.5 Å². The highest BCUT2D eigenvalue weighted by Crippen LogP contribution is 2.61. The largest absolute Gasteiger partial charge is 0.463 e. The molecular formula is C110H92B2N4OS. The van der Waals surface area contributed by atoms with E-state index >= 15 is 0 Å². The molecule has 0 amide bonds. The number of para-hydroxylation sites is 2. The second-order valence-corrected chi connectivity index (χ2v) is 36.1. The van der Waals surface area contributed by atoms with E-state index in [0.717, 1.165) is 68.8 Å². The summed E-state index contributed by atoms with van der Waals surface area (Å²) in [5.74, 6) is 1.94. The summed E-state index contributed by atoms with van der Waals surface area (Å²) in [5.41, 5.74) is 30.8. The number of nitrogens with zero attached hydrogens (tertiary/aromatic N) is 4. The third-order valence-electron chi connectivity index (χ3n) is 25.8. The van der Waals surface area contributed by atoms with E-state index in [1.807, 2.05) is 0 Å². The average Bonchev–Trinajstić information content (AvgIpc) is 0.688. The van der Waals surface area contributed by atoms with E-state index in [1.165, 1.54) is 99.6 Å². The standard InChI is InChI=1S/C110H92B2N4OS/c1-109(2,3)83-57-49-79(50-58-83)92-43-28-44-93(80-51-59-84(60-52-80)110(4,5)6)108(92)116-99-72-104-97(71-96(99)112-95-46-23-25-48-102(95)117-103-69-90(67-100(116)106(103)112)113(86-61-53-77(54-62-86)73-29-12-7-13-30-73)88-41-26-37-81(65-88)75-33-16-9-17-34-75)111-94-45-22-24-47-98(94)115(85-39-20-11-21-40-85)101-68-91(70-105(118-104)107(101)111)114(87-63-55-78(56-64-87)74-31-14-8-15-32-74)89-42-27-38-82(66-89)76-35-18-10-19-36-76/h7-39,41-72,85,94,97-98,100,104,106H,40H2,1-6H3. The van der Waals surface area contributed by atoms with Gasteiger partial charge in [-0.15, -0.1) is 11.8 Å². The van der Waals surface area contributed by atoms with Gasteiger partial charge in [-0.05, 0) is 192 Å². The first-order chi connectivity index (χ1) is 57.8. The van der Waals surface area contributed by atoms with Gasteiger partial charge in [0.2, 0.25) is 6.71 Å². The molecule has 0 spiro atoms. The van der Waals surface area contributed by atoms with Crippen molar-refractivity contribution in [3.63, 3.8) is 0 Å². The molecular weight excluding hydrogens is 1450 g/mol. The van der Waals surface area contributed by atoms with Gasteiger partial charge < -0.3 is 24.3 Å². The molecule has 8 aliphatic rings. The van der Waals surface area contributed by atoms with E-state index in [9.17, 15) is 0 Å². The van der Waals surface area contributed by atoms with Crippen LogP contribution in [0.4, 0.5) is 39.8 Å². The molecule has 13 aromatic rings. The predicted octanol–water partition coefficient (Wildman–Crippen LogP) is 26.9. The zero-order chi connectivity index (χ0) is 79.3. The van der Waals surface area contributed by atoms with Gasteiger partial charge in [-0.1, -0.05) is 356 Å². The monoisotopic (exact) mass is 1540 g/mol. The zero-order valence-corrected chi connectivity index (χ0v) is 68.4. The fourth-order valence-electron chi connectivity index (χ4n) is 20.1. The van der Waals surface area contributed by atoms with Crippen LogP contribution in [-0.2, 0) is 10.8 Å². The Hall–Kier alpha value is -12.7. The van der Waals surface area contributed by atoms with E-state index in [1.54, 1.807) is 0 Å². The van der Waals surface area contributed by atoms with E-state index in [0.29, 0.717) is 0 Å². The van der Waals surface area contributed by atoms with Crippen molar-refractivity contribution < 1.29 is 4.74 Å². The molecule has 570 valence electrons. The van der Waals surface area contributed by atoms with Crippen LogP contribution < -0.4 is 35.3 Å². The molecule has 0 bridgehead atoms. The molecule has 4 heterocycles. The molecule has 0 saturated carbocycles. The molecule has 0 aromatic heterocycles. The molecule has 4 aliphatic carbocycles. The number of allylic oxidation sites excluding steroid dienone is 7. The summed E-state index contributed by atoms with van der Waals surface area (Å²) in [6.45, 7) is 14.0. The minimum Gasteiger partial charge on any atom is -0.463 e. The van der Waals surface area contributed by atoms with Crippen molar-refractivity contribution in [2.24, 2.45) is 0 Å². The average molecular weight is 1540 g/mol. The maximum Gasteiger partial charge on any atom is 0.230 e. The number of rotatable bonds is 14. The third kappa shape index (κ3) is 13.1. The lowest BCUT2D eigenvalue weighted by molar-refractivity contribution is 0.383. The van der Waals surface area contributed by atoms with Crippen LogP contribution in [0.25, 0.3) is 66.8 Å². The predicted molar refractivity (Wildman–Crippen MR) is 501 cm³/mol. The van der Waals surface area contributed by atoms with E-state index in [4.69, 9.17) is 4.74 Å². The van der Waals surface area contributed by atoms with Gasteiger partial charge in [0.15, 0.2) is 6.71 Å². The van der Waals surface area contributed by atoms with Crippen LogP contribution in [0, 0.1) is 0 Å². The molecule has 8 heteroatoms. The van der Waals surface area contributed by atoms with Crippen LogP contribution in [0.5, 0.6) is 5.75 Å². The number of ether oxygens (including phenoxy) is 1. The van der Waals surface area contributed by atoms with Crippen LogP contribution in [0.1, 0.15) is 59.1 Å². The summed E-state index contributed by atoms with van der Waals surface area (Å²) in [6, 6.07) is 120. The molecule has 13 aromatic carbocycles. The van der Waals surface area contributed by atoms with Gasteiger partial charge in [-0.3, -0.25) is 0 Å². The highest BCUT2D eigenvalue weighted by molar-refractivity contribution is 8.00. The first kappa shape index (κ1) is 72.9. The van der Waals surface area contributed by atoms with Crippen molar-refractivity contribution in [3.05, 3.63) is 428 Å². The molecule has 7 unspecified atom stereocenters. The summed E-state index contributed by atoms with van der Waals surface area (Å²) in [7, 11) is 0. The van der Waals surface area contributed by atoms with E-state index in [-0.39, 0.29) is 65.1 Å². The van der Waals surface area contributed by atoms with Gasteiger partial charge in [0.1, 0.15) is 11.5 Å². The van der Waals surface area contributed by atoms with Gasteiger partial charge in [-0.2, -0.15) is 0 Å². The highest BCUT2D eigenvalue weighted by atomic mass is 32.2. The minimum atomic E-state index is -0.302. The second kappa shape index (κ2) is 29.8. The second-order valence-electron chi connectivity index (χ2n) is 34.9. The van der Waals surface area contributed by atoms with Crippen molar-refractivity contribution in [2.75, 3.05) is 19.6 Å². The van der Waals surface area contributed by atoms with Gasteiger partial charge in [0.05, 0.1) is 17.8 Å². The number of anilines is 7. The SMILES string of the molecule is CC(C)(C)c1ccc(-c2cccc(-c3ccc(C(C)(C)C)cc3)c2N2C3=CC4Sc5cc(N(c6ccc(-c7ccccc7)cc6)c6cccc(-c7ccccc7)c6)cc6c5B(C4C=C3B3c4ccccc4OC4=CC(N(c5ccc(-c7ccccc7)cc5)c5cccc(-c7ccccc7)c5)=CC2C34)C2C=CC=CC2N6C2C=CC=CC2)cc1. The number of thioether (sulfide) groups is 1. The van der Waals surface area contributed by atoms with Gasteiger partial charge in [0.25, 0.3) is 0 Å². The Morgan fingerprint density at radius 1 is 0.407 bits per heavy atom. The summed E-state index contributed by atoms with van der Waals surface area (Å²) < 4.78 is 7.77. The van der Waals surface area contributed by atoms with Crippen molar-refractivity contribution in [1.82, 2.24) is 0 Å². The number of hydrogen-bond donors (Lipinski definition) is 0. The molecule has 1 saturated heterocycles. The third-order valence-corrected chi connectivity index (χ3v) is 27.1. The normalized spacial score (nSPS) is 19.7. The van der Waals surface area contributed by atoms with Gasteiger partial charge >= 0.3 is 0 Å². The van der Waals surface area contributed by atoms with Crippen LogP contribution >= 0.6 is 11.8 Å². The number of fused-ring (bicyclic) bond motifs is 8. The highest BCUT2D eigenvalue weighted by Gasteiger charge is 2.58. The maximum atomic E-state index is 7.77. The Morgan fingerprint density at radius 3 is 1.47 bits per heavy atom. The van der Waals surface area contributed by atoms with Crippen molar-refractivity contribution in [1.29, 1.82) is 0 Å². The number of hydrogen-bond acceptors (Lipinski definition) is 6. The molecule has 21 rings (SSSR count). The summed E-state index contributed by atoms with van der Waals surface area (Å²) >= 11 is 2.08. The maximum absolute atomic E-state index is 7.77. The lowest BCUT2D eigenvalue weighted by Crippen LogP contribution is -2.63. The van der Waals surface area contributed by atoms with Crippen molar-refractivity contribution >= 4 is 75.9 Å². The van der Waals surface area contributed by atoms with Gasteiger partial charge in [-0.25, -0.2) is 0 Å². The Bertz CT molecular complexity index is 6220. The van der Waals surface area contributed by atoms with Crippen molar-refractivity contribution in [2.45, 2.75) is 105 Å². The summed E-state index contributed by atoms with van der Waals surface area (Å²) in [6.07, 6.45) is 30.7. The smallest absolute Gasteiger partial charge is 0.230 e. The molecule has 0 radical (unpaired) electrons. The Labute approximate surface area is 700 Å². The summed E-state index contributed by atoms with van der Waals surface area (Å²) in [5, 5.41) is -0.00679. The zero-order valence-electron chi connectivity index (χ0n) is 67.5. The molecule has 0 N–H and O–H groups in total. The fraction of sp³-hybridized carbons (Fsp3) is 0.145. The van der Waals surface area contributed by atoms with Gasteiger partial charge in [0, 0.05) is 78.6 Å². The Balaban J connectivity index is 0.822. The lowest BCUT2D eigenvalue weighted by atomic mass is 9.24. The Morgan fingerprint density at radius 2 is 0.907 bits per heavy atom. The lowest BCUT2D eigenvalue weighted by Gasteiger charge is -2.56. The fourth-order valence-corrected chi connectivity index (χ4v) is 21.6.